The van der Waals surface area contributed by atoms with Gasteiger partial charge in [0.25, 0.3) is 0 Å². The molecule has 5 heteroatoms. The van der Waals surface area contributed by atoms with E-state index in [0.29, 0.717) is 18.5 Å². The van der Waals surface area contributed by atoms with Crippen LogP contribution in [0.15, 0.2) is 18.2 Å². The van der Waals surface area contributed by atoms with Crippen molar-refractivity contribution in [3.8, 4) is 12.1 Å². The van der Waals surface area contributed by atoms with Gasteiger partial charge in [0, 0.05) is 6.42 Å². The molecular formula is C16H15N3O2. The first kappa shape index (κ1) is 14.7. The summed E-state index contributed by atoms with van der Waals surface area (Å²) in [6, 6.07) is 8.26. The van der Waals surface area contributed by atoms with Crippen LogP contribution in [0.4, 0.5) is 5.69 Å². The van der Waals surface area contributed by atoms with Crippen LogP contribution < -0.4 is 4.90 Å². The van der Waals surface area contributed by atoms with Crippen LogP contribution in [0.25, 0.3) is 0 Å². The fourth-order valence-electron chi connectivity index (χ4n) is 2.72. The monoisotopic (exact) mass is 281 g/mol. The number of hydrogen-bond donors (Lipinski definition) is 0. The van der Waals surface area contributed by atoms with Crippen molar-refractivity contribution in [1.82, 2.24) is 0 Å². The van der Waals surface area contributed by atoms with Crippen LogP contribution >= 0.6 is 0 Å². The van der Waals surface area contributed by atoms with Crippen molar-refractivity contribution in [2.45, 2.75) is 33.1 Å². The van der Waals surface area contributed by atoms with Gasteiger partial charge >= 0.3 is 0 Å². The molecule has 1 aromatic carbocycles. The molecule has 0 saturated carbocycles. The van der Waals surface area contributed by atoms with Crippen molar-refractivity contribution >= 4 is 17.5 Å². The number of anilines is 1. The fraction of sp³-hybridized carbons (Fsp3) is 0.375. The van der Waals surface area contributed by atoms with Crippen LogP contribution in [-0.2, 0) is 9.59 Å². The first-order valence-corrected chi connectivity index (χ1v) is 6.84. The van der Waals surface area contributed by atoms with Gasteiger partial charge in [-0.15, -0.1) is 0 Å². The van der Waals surface area contributed by atoms with Crippen molar-refractivity contribution in [3.63, 3.8) is 0 Å². The average Bonchev–Trinajstić information content (AvgIpc) is 2.77. The van der Waals surface area contributed by atoms with Gasteiger partial charge in [-0.3, -0.25) is 14.5 Å². The zero-order chi connectivity index (χ0) is 15.6. The van der Waals surface area contributed by atoms with Gasteiger partial charge < -0.3 is 0 Å². The van der Waals surface area contributed by atoms with Crippen molar-refractivity contribution in [2.24, 2.45) is 5.41 Å². The quantitative estimate of drug-likeness (QED) is 0.797. The molecule has 0 N–H and O–H groups in total. The average molecular weight is 281 g/mol. The summed E-state index contributed by atoms with van der Waals surface area (Å²) in [5.41, 5.74) is 0.126. The third-order valence-corrected chi connectivity index (χ3v) is 4.25. The molecule has 0 atom stereocenters. The van der Waals surface area contributed by atoms with Gasteiger partial charge in [0.2, 0.25) is 11.8 Å². The van der Waals surface area contributed by atoms with Gasteiger partial charge in [-0.05, 0) is 31.0 Å². The molecule has 21 heavy (non-hydrogen) atoms. The molecule has 2 rings (SSSR count). The molecule has 106 valence electrons. The van der Waals surface area contributed by atoms with E-state index in [-0.39, 0.29) is 29.4 Å². The van der Waals surface area contributed by atoms with Gasteiger partial charge in [-0.25, -0.2) is 0 Å². The minimum atomic E-state index is -0.641. The Labute approximate surface area is 123 Å². The van der Waals surface area contributed by atoms with E-state index >= 15 is 0 Å². The summed E-state index contributed by atoms with van der Waals surface area (Å²) in [6.45, 7) is 3.80. The lowest BCUT2D eigenvalue weighted by atomic mass is 9.81. The Morgan fingerprint density at radius 2 is 1.76 bits per heavy atom. The molecule has 0 radical (unpaired) electrons. The number of amides is 2. The van der Waals surface area contributed by atoms with E-state index in [9.17, 15) is 9.59 Å². The number of benzene rings is 1. The number of nitrogens with zero attached hydrogens (tertiary/aromatic N) is 3. The number of hydrogen-bond acceptors (Lipinski definition) is 4. The molecule has 0 aromatic heterocycles. The Morgan fingerprint density at radius 3 is 2.24 bits per heavy atom. The summed E-state index contributed by atoms with van der Waals surface area (Å²) < 4.78 is 0. The summed E-state index contributed by atoms with van der Waals surface area (Å²) in [6.07, 6.45) is 1.40. The maximum Gasteiger partial charge on any atom is 0.240 e. The van der Waals surface area contributed by atoms with E-state index in [0.717, 1.165) is 4.90 Å². The predicted octanol–water partition coefficient (Wildman–Crippen LogP) is 2.50. The predicted molar refractivity (Wildman–Crippen MR) is 76.0 cm³/mol. The topological polar surface area (TPSA) is 85.0 Å². The van der Waals surface area contributed by atoms with Crippen LogP contribution in [0, 0.1) is 28.1 Å². The Morgan fingerprint density at radius 1 is 1.14 bits per heavy atom. The van der Waals surface area contributed by atoms with Crippen LogP contribution in [-0.4, -0.2) is 11.8 Å². The maximum atomic E-state index is 12.6. The largest absolute Gasteiger partial charge is 0.274 e. The fourth-order valence-corrected chi connectivity index (χ4v) is 2.72. The number of nitriles is 2. The molecule has 1 heterocycles. The molecule has 5 nitrogen and oxygen atoms in total. The molecular weight excluding hydrogens is 266 g/mol. The van der Waals surface area contributed by atoms with Gasteiger partial charge in [-0.1, -0.05) is 13.8 Å². The van der Waals surface area contributed by atoms with Crippen LogP contribution in [0.3, 0.4) is 0 Å². The van der Waals surface area contributed by atoms with E-state index < -0.39 is 5.41 Å². The highest BCUT2D eigenvalue weighted by atomic mass is 16.2. The highest BCUT2D eigenvalue weighted by molar-refractivity contribution is 6.22. The second-order valence-electron chi connectivity index (χ2n) is 5.15. The first-order chi connectivity index (χ1) is 10.0. The molecule has 1 aliphatic heterocycles. The summed E-state index contributed by atoms with van der Waals surface area (Å²) in [5, 5.41) is 18.0. The van der Waals surface area contributed by atoms with Crippen LogP contribution in [0.1, 0.15) is 44.2 Å². The minimum Gasteiger partial charge on any atom is -0.274 e. The summed E-state index contributed by atoms with van der Waals surface area (Å²) in [5.74, 6) is -0.469. The van der Waals surface area contributed by atoms with Crippen LogP contribution in [0.2, 0.25) is 0 Å². The summed E-state index contributed by atoms with van der Waals surface area (Å²) >= 11 is 0. The maximum absolute atomic E-state index is 12.6. The SMILES string of the molecule is CCC1(CC)CC(=O)N(c2ccc(C#N)c(C#N)c2)C1=O. The van der Waals surface area contributed by atoms with E-state index in [2.05, 4.69) is 0 Å². The van der Waals surface area contributed by atoms with Crippen molar-refractivity contribution in [2.75, 3.05) is 4.90 Å². The van der Waals surface area contributed by atoms with Crippen molar-refractivity contribution < 1.29 is 9.59 Å². The van der Waals surface area contributed by atoms with Gasteiger partial charge in [0.05, 0.1) is 22.2 Å². The molecule has 0 spiro atoms. The molecule has 0 bridgehead atoms. The van der Waals surface area contributed by atoms with E-state index in [1.54, 1.807) is 0 Å². The zero-order valence-electron chi connectivity index (χ0n) is 12.0. The third-order valence-electron chi connectivity index (χ3n) is 4.25. The third kappa shape index (κ3) is 2.17. The van der Waals surface area contributed by atoms with E-state index in [1.165, 1.54) is 18.2 Å². The Hall–Kier alpha value is -2.66. The van der Waals surface area contributed by atoms with Gasteiger partial charge in [0.1, 0.15) is 12.1 Å². The molecule has 1 fully saturated rings. The lowest BCUT2D eigenvalue weighted by Gasteiger charge is -2.23. The highest BCUT2D eigenvalue weighted by Crippen LogP contribution is 2.41. The normalized spacial score (nSPS) is 16.7. The molecule has 1 aliphatic rings. The first-order valence-electron chi connectivity index (χ1n) is 6.84. The zero-order valence-corrected chi connectivity index (χ0v) is 12.0. The standard InChI is InChI=1S/C16H15N3O2/c1-3-16(4-2)8-14(20)19(15(16)21)13-6-5-11(9-17)12(7-13)10-18/h5-7H,3-4,8H2,1-2H3. The van der Waals surface area contributed by atoms with Crippen molar-refractivity contribution in [1.29, 1.82) is 10.5 Å². The molecule has 0 aliphatic carbocycles. The van der Waals surface area contributed by atoms with Crippen molar-refractivity contribution in [3.05, 3.63) is 29.3 Å². The lowest BCUT2D eigenvalue weighted by Crippen LogP contribution is -2.35. The molecule has 1 aromatic rings. The Bertz CT molecular complexity index is 690. The molecule has 0 unspecified atom stereocenters. The van der Waals surface area contributed by atoms with Gasteiger partial charge in [-0.2, -0.15) is 10.5 Å². The molecule has 2 amide bonds. The molecule has 1 saturated heterocycles. The number of carbonyl (C=O) groups is 2. The smallest absolute Gasteiger partial charge is 0.240 e. The number of imide groups is 1. The number of carbonyl (C=O) groups excluding carboxylic acids is 2. The Balaban J connectivity index is 2.49. The second kappa shape index (κ2) is 5.38. The Kier molecular flexibility index (Phi) is 3.78. The van der Waals surface area contributed by atoms with Gasteiger partial charge in [0.15, 0.2) is 0 Å². The van der Waals surface area contributed by atoms with Crippen LogP contribution in [0.5, 0.6) is 0 Å². The van der Waals surface area contributed by atoms with E-state index in [1.807, 2.05) is 26.0 Å². The summed E-state index contributed by atoms with van der Waals surface area (Å²) in [4.78, 5) is 26.0. The summed E-state index contributed by atoms with van der Waals surface area (Å²) in [7, 11) is 0. The highest BCUT2D eigenvalue weighted by Gasteiger charge is 2.49. The van der Waals surface area contributed by atoms with E-state index in [4.69, 9.17) is 10.5 Å². The lowest BCUT2D eigenvalue weighted by molar-refractivity contribution is -0.126. The minimum absolute atomic E-state index is 0.168. The second-order valence-corrected chi connectivity index (χ2v) is 5.15. The number of rotatable bonds is 3.